The second-order valence-electron chi connectivity index (χ2n) is 3.65. The van der Waals surface area contributed by atoms with E-state index in [1.54, 1.807) is 18.2 Å². The van der Waals surface area contributed by atoms with Gasteiger partial charge in [-0.15, -0.1) is 0 Å². The summed E-state index contributed by atoms with van der Waals surface area (Å²) < 4.78 is 5.51. The van der Waals surface area contributed by atoms with Crippen molar-refractivity contribution in [1.29, 1.82) is 0 Å². The molecule has 2 rings (SSSR count). The third kappa shape index (κ3) is 3.35. The van der Waals surface area contributed by atoms with E-state index >= 15 is 0 Å². The molecule has 1 N–H and O–H groups in total. The molecular formula is C13H11Cl2NO2. The Hall–Kier alpha value is -1.29. The van der Waals surface area contributed by atoms with Crippen molar-refractivity contribution in [2.24, 2.45) is 0 Å². The zero-order chi connectivity index (χ0) is 13.0. The van der Waals surface area contributed by atoms with Crippen LogP contribution in [0.3, 0.4) is 0 Å². The Morgan fingerprint density at radius 1 is 1.17 bits per heavy atom. The molecule has 0 aliphatic carbocycles. The predicted molar refractivity (Wildman–Crippen MR) is 71.0 cm³/mol. The van der Waals surface area contributed by atoms with Crippen molar-refractivity contribution in [1.82, 2.24) is 4.98 Å². The molecule has 0 bridgehead atoms. The number of rotatable bonds is 4. The Morgan fingerprint density at radius 2 is 2.00 bits per heavy atom. The van der Waals surface area contributed by atoms with Crippen LogP contribution in [0, 0.1) is 0 Å². The average molecular weight is 284 g/mol. The third-order valence-electron chi connectivity index (χ3n) is 2.32. The van der Waals surface area contributed by atoms with Gasteiger partial charge in [-0.25, -0.2) is 4.98 Å². The van der Waals surface area contributed by atoms with Gasteiger partial charge >= 0.3 is 0 Å². The number of aliphatic hydroxyl groups is 1. The van der Waals surface area contributed by atoms with Crippen molar-refractivity contribution in [2.45, 2.75) is 13.2 Å². The van der Waals surface area contributed by atoms with Gasteiger partial charge in [0.05, 0.1) is 17.3 Å². The van der Waals surface area contributed by atoms with Crippen LogP contribution >= 0.6 is 23.2 Å². The summed E-state index contributed by atoms with van der Waals surface area (Å²) in [4.78, 5) is 4.09. The average Bonchev–Trinajstić information content (AvgIpc) is 2.38. The van der Waals surface area contributed by atoms with E-state index < -0.39 is 0 Å². The van der Waals surface area contributed by atoms with Gasteiger partial charge in [-0.05, 0) is 23.8 Å². The highest BCUT2D eigenvalue weighted by Crippen LogP contribution is 2.19. The number of halogens is 2. The fourth-order valence-electron chi connectivity index (χ4n) is 1.44. The summed E-state index contributed by atoms with van der Waals surface area (Å²) in [6.45, 7) is 0.146. The molecule has 94 valence electrons. The fourth-order valence-corrected chi connectivity index (χ4v) is 1.82. The summed E-state index contributed by atoms with van der Waals surface area (Å²) in [5, 5.41) is 10.1. The van der Waals surface area contributed by atoms with Crippen LogP contribution in [0.5, 0.6) is 5.88 Å². The molecule has 0 amide bonds. The second-order valence-corrected chi connectivity index (χ2v) is 4.50. The molecule has 1 heterocycles. The number of aromatic nitrogens is 1. The van der Waals surface area contributed by atoms with Gasteiger partial charge < -0.3 is 9.84 Å². The molecule has 0 spiro atoms. The van der Waals surface area contributed by atoms with Crippen molar-refractivity contribution in [3.63, 3.8) is 0 Å². The SMILES string of the molecule is OCc1nc(OCc2cccc(Cl)c2)ccc1Cl. The van der Waals surface area contributed by atoms with E-state index in [9.17, 15) is 0 Å². The largest absolute Gasteiger partial charge is 0.473 e. The first-order valence-corrected chi connectivity index (χ1v) is 6.08. The van der Waals surface area contributed by atoms with Crippen molar-refractivity contribution in [3.05, 3.63) is 57.7 Å². The topological polar surface area (TPSA) is 42.4 Å². The Labute approximate surface area is 115 Å². The number of pyridine rings is 1. The zero-order valence-corrected chi connectivity index (χ0v) is 10.9. The fraction of sp³-hybridized carbons (Fsp3) is 0.154. The highest BCUT2D eigenvalue weighted by atomic mass is 35.5. The summed E-state index contributed by atoms with van der Waals surface area (Å²) in [5.74, 6) is 0.420. The molecule has 0 radical (unpaired) electrons. The number of benzene rings is 1. The van der Waals surface area contributed by atoms with Crippen molar-refractivity contribution in [3.8, 4) is 5.88 Å². The molecule has 18 heavy (non-hydrogen) atoms. The van der Waals surface area contributed by atoms with Gasteiger partial charge in [0.15, 0.2) is 0 Å². The van der Waals surface area contributed by atoms with Crippen LogP contribution in [0.25, 0.3) is 0 Å². The molecule has 0 aliphatic rings. The summed E-state index contributed by atoms with van der Waals surface area (Å²) in [6.07, 6.45) is 0. The number of aliphatic hydroxyl groups excluding tert-OH is 1. The van der Waals surface area contributed by atoms with Gasteiger partial charge in [-0.2, -0.15) is 0 Å². The van der Waals surface area contributed by atoms with Gasteiger partial charge in [-0.1, -0.05) is 35.3 Å². The van der Waals surface area contributed by atoms with Gasteiger partial charge in [0.1, 0.15) is 6.61 Å². The van der Waals surface area contributed by atoms with Crippen LogP contribution in [0.15, 0.2) is 36.4 Å². The van der Waals surface area contributed by atoms with Gasteiger partial charge in [0, 0.05) is 11.1 Å². The van der Waals surface area contributed by atoms with Crippen LogP contribution in [0.2, 0.25) is 10.0 Å². The Kier molecular flexibility index (Phi) is 4.42. The molecular weight excluding hydrogens is 273 g/mol. The minimum absolute atomic E-state index is 0.215. The Bertz CT molecular complexity index is 546. The monoisotopic (exact) mass is 283 g/mol. The van der Waals surface area contributed by atoms with Crippen LogP contribution < -0.4 is 4.74 Å². The number of nitrogens with zero attached hydrogens (tertiary/aromatic N) is 1. The summed E-state index contributed by atoms with van der Waals surface area (Å²) in [7, 11) is 0. The second kappa shape index (κ2) is 6.05. The van der Waals surface area contributed by atoms with Crippen LogP contribution in [0.4, 0.5) is 0 Å². The summed E-state index contributed by atoms with van der Waals surface area (Å²) in [5.41, 5.74) is 1.35. The molecule has 0 aliphatic heterocycles. The first-order chi connectivity index (χ1) is 8.69. The molecule has 1 aromatic carbocycles. The molecule has 5 heteroatoms. The Balaban J connectivity index is 2.06. The Morgan fingerprint density at radius 3 is 2.72 bits per heavy atom. The van der Waals surface area contributed by atoms with E-state index in [0.717, 1.165) is 5.56 Å². The van der Waals surface area contributed by atoms with Crippen molar-refractivity contribution in [2.75, 3.05) is 0 Å². The standard InChI is InChI=1S/C13H11Cl2NO2/c14-10-3-1-2-9(6-10)8-18-13-5-4-11(15)12(7-17)16-13/h1-6,17H,7-8H2. The normalized spacial score (nSPS) is 10.4. The molecule has 0 saturated heterocycles. The van der Waals surface area contributed by atoms with E-state index in [0.29, 0.717) is 28.2 Å². The van der Waals surface area contributed by atoms with E-state index in [4.69, 9.17) is 33.0 Å². The number of hydrogen-bond acceptors (Lipinski definition) is 3. The lowest BCUT2D eigenvalue weighted by atomic mass is 10.2. The minimum atomic E-state index is -0.215. The molecule has 1 aromatic heterocycles. The summed E-state index contributed by atoms with van der Waals surface area (Å²) in [6, 6.07) is 10.7. The summed E-state index contributed by atoms with van der Waals surface area (Å²) >= 11 is 11.7. The maximum atomic E-state index is 9.04. The quantitative estimate of drug-likeness (QED) is 0.934. The van der Waals surface area contributed by atoms with E-state index in [-0.39, 0.29) is 6.61 Å². The molecule has 3 nitrogen and oxygen atoms in total. The van der Waals surface area contributed by atoms with E-state index in [1.807, 2.05) is 18.2 Å². The number of ether oxygens (including phenoxy) is 1. The maximum absolute atomic E-state index is 9.04. The lowest BCUT2D eigenvalue weighted by Gasteiger charge is -2.07. The lowest BCUT2D eigenvalue weighted by molar-refractivity contribution is 0.266. The van der Waals surface area contributed by atoms with Crippen LogP contribution in [-0.4, -0.2) is 10.1 Å². The van der Waals surface area contributed by atoms with Crippen LogP contribution in [-0.2, 0) is 13.2 Å². The van der Waals surface area contributed by atoms with Gasteiger partial charge in [-0.3, -0.25) is 0 Å². The zero-order valence-electron chi connectivity index (χ0n) is 9.44. The van der Waals surface area contributed by atoms with E-state index in [2.05, 4.69) is 4.98 Å². The smallest absolute Gasteiger partial charge is 0.213 e. The van der Waals surface area contributed by atoms with Crippen LogP contribution in [0.1, 0.15) is 11.3 Å². The number of hydrogen-bond donors (Lipinski definition) is 1. The maximum Gasteiger partial charge on any atom is 0.213 e. The van der Waals surface area contributed by atoms with Gasteiger partial charge in [0.2, 0.25) is 5.88 Å². The van der Waals surface area contributed by atoms with E-state index in [1.165, 1.54) is 0 Å². The lowest BCUT2D eigenvalue weighted by Crippen LogP contribution is -1.99. The van der Waals surface area contributed by atoms with Crippen molar-refractivity contribution >= 4 is 23.2 Å². The molecule has 0 saturated carbocycles. The molecule has 0 fully saturated rings. The van der Waals surface area contributed by atoms with Gasteiger partial charge in [0.25, 0.3) is 0 Å². The highest BCUT2D eigenvalue weighted by molar-refractivity contribution is 6.31. The first kappa shape index (κ1) is 13.1. The third-order valence-corrected chi connectivity index (χ3v) is 2.90. The van der Waals surface area contributed by atoms with Crippen molar-refractivity contribution < 1.29 is 9.84 Å². The molecule has 2 aromatic rings. The highest BCUT2D eigenvalue weighted by Gasteiger charge is 2.04. The molecule has 0 unspecified atom stereocenters. The first-order valence-electron chi connectivity index (χ1n) is 5.32. The molecule has 0 atom stereocenters. The minimum Gasteiger partial charge on any atom is -0.473 e. The predicted octanol–water partition coefficient (Wildman–Crippen LogP) is 3.46.